The second kappa shape index (κ2) is 8.67. The summed E-state index contributed by atoms with van der Waals surface area (Å²) in [7, 11) is 0. The molecule has 0 aliphatic rings. The molecule has 2 heterocycles. The smallest absolute Gasteiger partial charge is 0.408 e. The van der Waals surface area contributed by atoms with Gasteiger partial charge in [-0.25, -0.2) is 9.78 Å². The molecular formula is C19H19N5O3. The van der Waals surface area contributed by atoms with Crippen molar-refractivity contribution in [1.82, 2.24) is 14.9 Å². The third-order valence-corrected chi connectivity index (χ3v) is 4.01. The van der Waals surface area contributed by atoms with Gasteiger partial charge in [-0.05, 0) is 30.7 Å². The van der Waals surface area contributed by atoms with Crippen LogP contribution in [0.5, 0.6) is 0 Å². The quantitative estimate of drug-likeness (QED) is 0.589. The van der Waals surface area contributed by atoms with Crippen molar-refractivity contribution in [2.24, 2.45) is 0 Å². The number of aryl methyl sites for hydroxylation is 1. The Balaban J connectivity index is 1.37. The van der Waals surface area contributed by atoms with Gasteiger partial charge in [0.15, 0.2) is 5.58 Å². The summed E-state index contributed by atoms with van der Waals surface area (Å²) in [6.07, 6.45) is 2.35. The molecule has 0 atom stereocenters. The minimum absolute atomic E-state index is 0.0783. The monoisotopic (exact) mass is 365 g/mol. The van der Waals surface area contributed by atoms with E-state index in [1.54, 1.807) is 22.8 Å². The molecule has 8 nitrogen and oxygen atoms in total. The standard InChI is InChI=1S/C19H19N5O3/c20-12-14-7-8-17(23-13-14)21-9-10-22-18(25)6-3-11-24-15-4-1-2-5-16(15)27-19(24)26/h1-2,4-5,7-8,13H,3,6,9-11H2,(H,21,23)(H,22,25). The van der Waals surface area contributed by atoms with Gasteiger partial charge in [0.05, 0.1) is 11.1 Å². The first-order chi connectivity index (χ1) is 13.2. The maximum Gasteiger partial charge on any atom is 0.419 e. The zero-order valence-electron chi connectivity index (χ0n) is 14.6. The number of nitrogens with one attached hydrogen (secondary N) is 2. The van der Waals surface area contributed by atoms with Gasteiger partial charge in [-0.2, -0.15) is 5.26 Å². The number of nitrogens with zero attached hydrogens (tertiary/aromatic N) is 3. The van der Waals surface area contributed by atoms with Crippen LogP contribution in [-0.2, 0) is 11.3 Å². The normalized spacial score (nSPS) is 10.5. The molecular weight excluding hydrogens is 346 g/mol. The average Bonchev–Trinajstić information content (AvgIpc) is 3.01. The number of hydrogen-bond acceptors (Lipinski definition) is 6. The molecule has 0 aliphatic heterocycles. The number of carbonyl (C=O) groups excluding carboxylic acids is 1. The van der Waals surface area contributed by atoms with Gasteiger partial charge in [0.2, 0.25) is 5.91 Å². The summed E-state index contributed by atoms with van der Waals surface area (Å²) in [6, 6.07) is 12.6. The van der Waals surface area contributed by atoms with Crippen LogP contribution < -0.4 is 16.4 Å². The number of anilines is 1. The summed E-state index contributed by atoms with van der Waals surface area (Å²) in [4.78, 5) is 27.9. The third kappa shape index (κ3) is 4.73. The number of para-hydroxylation sites is 2. The molecule has 27 heavy (non-hydrogen) atoms. The van der Waals surface area contributed by atoms with Gasteiger partial charge in [-0.15, -0.1) is 0 Å². The Morgan fingerprint density at radius 2 is 2.07 bits per heavy atom. The van der Waals surface area contributed by atoms with Crippen LogP contribution in [0.1, 0.15) is 18.4 Å². The number of pyridine rings is 1. The Bertz CT molecular complexity index is 1010. The number of rotatable bonds is 8. The van der Waals surface area contributed by atoms with Crippen LogP contribution in [0.4, 0.5) is 5.82 Å². The van der Waals surface area contributed by atoms with Crippen LogP contribution in [-0.4, -0.2) is 28.5 Å². The van der Waals surface area contributed by atoms with Crippen molar-refractivity contribution < 1.29 is 9.21 Å². The molecule has 2 aromatic heterocycles. The maximum absolute atomic E-state index is 11.9. The van der Waals surface area contributed by atoms with Crippen molar-refractivity contribution in [3.05, 3.63) is 58.7 Å². The van der Waals surface area contributed by atoms with Crippen molar-refractivity contribution in [1.29, 1.82) is 5.26 Å². The van der Waals surface area contributed by atoms with Crippen LogP contribution in [0.3, 0.4) is 0 Å². The summed E-state index contributed by atoms with van der Waals surface area (Å²) in [5.74, 6) is 0.163. The van der Waals surface area contributed by atoms with E-state index < -0.39 is 5.76 Å². The largest absolute Gasteiger partial charge is 0.419 e. The molecule has 3 aromatic rings. The molecule has 1 amide bonds. The van der Waals surface area contributed by atoms with Crippen molar-refractivity contribution in [3.8, 4) is 6.07 Å². The highest BCUT2D eigenvalue weighted by atomic mass is 16.4. The van der Waals surface area contributed by atoms with Gasteiger partial charge in [0, 0.05) is 32.3 Å². The lowest BCUT2D eigenvalue weighted by Gasteiger charge is -2.07. The predicted octanol–water partition coefficient (Wildman–Crippen LogP) is 1.87. The zero-order chi connectivity index (χ0) is 19.1. The molecule has 8 heteroatoms. The van der Waals surface area contributed by atoms with Crippen LogP contribution in [0, 0.1) is 11.3 Å². The number of aromatic nitrogens is 2. The lowest BCUT2D eigenvalue weighted by Crippen LogP contribution is -2.29. The van der Waals surface area contributed by atoms with Gasteiger partial charge in [-0.3, -0.25) is 9.36 Å². The number of carbonyl (C=O) groups is 1. The summed E-state index contributed by atoms with van der Waals surface area (Å²) in [5.41, 5.74) is 1.79. The molecule has 0 fully saturated rings. The van der Waals surface area contributed by atoms with Crippen molar-refractivity contribution in [2.75, 3.05) is 18.4 Å². The number of fused-ring (bicyclic) bond motifs is 1. The molecule has 3 rings (SSSR count). The second-order valence-corrected chi connectivity index (χ2v) is 5.91. The van der Waals surface area contributed by atoms with Crippen molar-refractivity contribution >= 4 is 22.8 Å². The van der Waals surface area contributed by atoms with Gasteiger partial charge >= 0.3 is 5.76 Å². The van der Waals surface area contributed by atoms with E-state index in [-0.39, 0.29) is 5.91 Å². The van der Waals surface area contributed by atoms with Gasteiger partial charge in [0.25, 0.3) is 0 Å². The third-order valence-electron chi connectivity index (χ3n) is 4.01. The lowest BCUT2D eigenvalue weighted by molar-refractivity contribution is -0.121. The van der Waals surface area contributed by atoms with E-state index in [0.29, 0.717) is 49.4 Å². The first-order valence-corrected chi connectivity index (χ1v) is 8.62. The lowest BCUT2D eigenvalue weighted by atomic mass is 10.2. The average molecular weight is 365 g/mol. The fraction of sp³-hybridized carbons (Fsp3) is 0.263. The molecule has 0 spiro atoms. The summed E-state index contributed by atoms with van der Waals surface area (Å²) < 4.78 is 6.71. The SMILES string of the molecule is N#Cc1ccc(NCCNC(=O)CCCn2c(=O)oc3ccccc32)nc1. The number of benzene rings is 1. The second-order valence-electron chi connectivity index (χ2n) is 5.91. The van der Waals surface area contributed by atoms with E-state index in [0.717, 1.165) is 5.52 Å². The number of hydrogen-bond donors (Lipinski definition) is 2. The van der Waals surface area contributed by atoms with E-state index in [1.807, 2.05) is 24.3 Å². The Morgan fingerprint density at radius 3 is 2.85 bits per heavy atom. The molecule has 0 aliphatic carbocycles. The minimum atomic E-state index is -0.407. The highest BCUT2D eigenvalue weighted by Gasteiger charge is 2.09. The van der Waals surface area contributed by atoms with Crippen LogP contribution in [0.15, 0.2) is 51.8 Å². The van der Waals surface area contributed by atoms with E-state index in [1.165, 1.54) is 6.20 Å². The topological polar surface area (TPSA) is 113 Å². The minimum Gasteiger partial charge on any atom is -0.408 e. The highest BCUT2D eigenvalue weighted by molar-refractivity contribution is 5.76. The molecule has 0 saturated carbocycles. The van der Waals surface area contributed by atoms with Gasteiger partial charge in [-0.1, -0.05) is 12.1 Å². The van der Waals surface area contributed by atoms with Crippen molar-refractivity contribution in [2.45, 2.75) is 19.4 Å². The number of oxazole rings is 1. The summed E-state index contributed by atoms with van der Waals surface area (Å²) in [6.45, 7) is 1.41. The van der Waals surface area contributed by atoms with Crippen LogP contribution >= 0.6 is 0 Å². The van der Waals surface area contributed by atoms with Gasteiger partial charge in [0.1, 0.15) is 11.9 Å². The fourth-order valence-corrected chi connectivity index (χ4v) is 2.67. The molecule has 0 bridgehead atoms. The molecule has 2 N–H and O–H groups in total. The first kappa shape index (κ1) is 18.2. The zero-order valence-corrected chi connectivity index (χ0v) is 14.6. The number of nitriles is 1. The first-order valence-electron chi connectivity index (χ1n) is 8.62. The van der Waals surface area contributed by atoms with E-state index in [2.05, 4.69) is 15.6 Å². The molecule has 0 unspecified atom stereocenters. The van der Waals surface area contributed by atoms with Crippen molar-refractivity contribution in [3.63, 3.8) is 0 Å². The van der Waals surface area contributed by atoms with E-state index in [9.17, 15) is 9.59 Å². The maximum atomic E-state index is 11.9. The molecule has 138 valence electrons. The van der Waals surface area contributed by atoms with Crippen LogP contribution in [0.25, 0.3) is 11.1 Å². The Morgan fingerprint density at radius 1 is 1.22 bits per heavy atom. The summed E-state index contributed by atoms with van der Waals surface area (Å²) in [5, 5.41) is 14.6. The number of amides is 1. The van der Waals surface area contributed by atoms with E-state index in [4.69, 9.17) is 9.68 Å². The molecule has 0 radical (unpaired) electrons. The van der Waals surface area contributed by atoms with Crippen LogP contribution in [0.2, 0.25) is 0 Å². The fourth-order valence-electron chi connectivity index (χ4n) is 2.67. The van der Waals surface area contributed by atoms with E-state index >= 15 is 0 Å². The molecule has 0 saturated heterocycles. The Hall–Kier alpha value is -3.60. The summed E-state index contributed by atoms with van der Waals surface area (Å²) >= 11 is 0. The Kier molecular flexibility index (Phi) is 5.84. The van der Waals surface area contributed by atoms with Gasteiger partial charge < -0.3 is 15.1 Å². The molecule has 1 aromatic carbocycles. The predicted molar refractivity (Wildman–Crippen MR) is 100 cm³/mol. The Labute approximate surface area is 155 Å². The highest BCUT2D eigenvalue weighted by Crippen LogP contribution is 2.12.